The highest BCUT2D eigenvalue weighted by Crippen LogP contribution is 2.39. The maximum Gasteiger partial charge on any atom is 0.226 e. The molecule has 1 aromatic heterocycles. The lowest BCUT2D eigenvalue weighted by Gasteiger charge is -2.02. The Labute approximate surface area is 189 Å². The highest BCUT2D eigenvalue weighted by Gasteiger charge is 2.16. The highest BCUT2D eigenvalue weighted by atomic mass is 35.5. The van der Waals surface area contributed by atoms with E-state index in [4.69, 9.17) is 16.6 Å². The van der Waals surface area contributed by atoms with Gasteiger partial charge in [0.25, 0.3) is 0 Å². The zero-order chi connectivity index (χ0) is 20.8. The summed E-state index contributed by atoms with van der Waals surface area (Å²) in [5.74, 6) is 0.653. The van der Waals surface area contributed by atoms with Crippen molar-refractivity contribution in [3.05, 3.63) is 90.0 Å². The van der Waals surface area contributed by atoms with Crippen LogP contribution in [0.25, 0.3) is 21.7 Å². The van der Waals surface area contributed by atoms with Crippen molar-refractivity contribution >= 4 is 45.7 Å². The van der Waals surface area contributed by atoms with E-state index in [-0.39, 0.29) is 5.91 Å². The monoisotopic (exact) mass is 450 g/mol. The Morgan fingerprint density at radius 3 is 2.20 bits per heavy atom. The Balaban J connectivity index is 1.46. The summed E-state index contributed by atoms with van der Waals surface area (Å²) in [4.78, 5) is 19.4. The molecule has 0 aliphatic heterocycles. The van der Waals surface area contributed by atoms with Crippen molar-refractivity contribution in [1.82, 2.24) is 4.98 Å². The summed E-state index contributed by atoms with van der Waals surface area (Å²) in [6, 6.07) is 27.8. The van der Waals surface area contributed by atoms with Gasteiger partial charge in [0, 0.05) is 27.7 Å². The van der Waals surface area contributed by atoms with Crippen molar-refractivity contribution in [2.45, 2.75) is 11.3 Å². The molecule has 3 aromatic carbocycles. The van der Waals surface area contributed by atoms with Crippen LogP contribution < -0.4 is 5.32 Å². The van der Waals surface area contributed by atoms with Gasteiger partial charge in [-0.1, -0.05) is 83.6 Å². The molecule has 4 rings (SSSR count). The van der Waals surface area contributed by atoms with Gasteiger partial charge in [0.15, 0.2) is 5.13 Å². The first-order chi connectivity index (χ1) is 14.7. The van der Waals surface area contributed by atoms with Crippen molar-refractivity contribution < 1.29 is 4.79 Å². The van der Waals surface area contributed by atoms with E-state index >= 15 is 0 Å². The minimum atomic E-state index is -0.0376. The average molecular weight is 451 g/mol. The van der Waals surface area contributed by atoms with E-state index in [1.807, 2.05) is 72.8 Å². The molecular formula is C24H19ClN2OS2. The molecule has 4 aromatic rings. The van der Waals surface area contributed by atoms with Gasteiger partial charge >= 0.3 is 0 Å². The molecule has 30 heavy (non-hydrogen) atoms. The molecule has 0 unspecified atom stereocenters. The third-order valence-corrected chi connectivity index (χ3v) is 6.65. The Kier molecular flexibility index (Phi) is 6.84. The summed E-state index contributed by atoms with van der Waals surface area (Å²) >= 11 is 9.05. The summed E-state index contributed by atoms with van der Waals surface area (Å²) in [5.41, 5.74) is 3.01. The SMILES string of the molecule is O=C(CCSc1ccc(Cl)cc1)Nc1nc(-c2ccccc2)c(-c2ccccc2)s1. The lowest BCUT2D eigenvalue weighted by Crippen LogP contribution is -2.11. The molecule has 150 valence electrons. The van der Waals surface area contributed by atoms with Gasteiger partial charge in [-0.05, 0) is 29.8 Å². The molecule has 0 spiro atoms. The van der Waals surface area contributed by atoms with Crippen molar-refractivity contribution in [1.29, 1.82) is 0 Å². The number of thiazole rings is 1. The number of benzene rings is 3. The van der Waals surface area contributed by atoms with Crippen LogP contribution in [0.15, 0.2) is 89.8 Å². The Hall–Kier alpha value is -2.60. The average Bonchev–Trinajstić information content (AvgIpc) is 3.20. The first-order valence-corrected chi connectivity index (χ1v) is 11.7. The van der Waals surface area contributed by atoms with Crippen LogP contribution in [0.5, 0.6) is 0 Å². The second kappa shape index (κ2) is 9.94. The van der Waals surface area contributed by atoms with Crippen molar-refractivity contribution in [2.24, 2.45) is 0 Å². The quantitative estimate of drug-likeness (QED) is 0.301. The van der Waals surface area contributed by atoms with Gasteiger partial charge in [0.1, 0.15) is 0 Å². The standard InChI is InChI=1S/C24H19ClN2OS2/c25-19-11-13-20(14-12-19)29-16-15-21(28)26-24-27-22(17-7-3-1-4-8-17)23(30-24)18-9-5-2-6-10-18/h1-14H,15-16H2,(H,26,27,28). The minimum absolute atomic E-state index is 0.0376. The van der Waals surface area contributed by atoms with Gasteiger partial charge in [-0.25, -0.2) is 4.98 Å². The molecule has 6 heteroatoms. The van der Waals surface area contributed by atoms with Crippen LogP contribution in [0.3, 0.4) is 0 Å². The van der Waals surface area contributed by atoms with Crippen LogP contribution in [0.4, 0.5) is 5.13 Å². The fraction of sp³-hybridized carbons (Fsp3) is 0.0833. The van der Waals surface area contributed by atoms with E-state index < -0.39 is 0 Å². The van der Waals surface area contributed by atoms with E-state index in [1.54, 1.807) is 11.8 Å². The number of halogens is 1. The molecule has 0 aliphatic rings. The van der Waals surface area contributed by atoms with Crippen molar-refractivity contribution in [3.8, 4) is 21.7 Å². The van der Waals surface area contributed by atoms with Gasteiger partial charge in [0.05, 0.1) is 10.6 Å². The van der Waals surface area contributed by atoms with Crippen molar-refractivity contribution in [2.75, 3.05) is 11.1 Å². The molecule has 1 amide bonds. The summed E-state index contributed by atoms with van der Waals surface area (Å²) < 4.78 is 0. The fourth-order valence-electron chi connectivity index (χ4n) is 2.92. The minimum Gasteiger partial charge on any atom is -0.302 e. The summed E-state index contributed by atoms with van der Waals surface area (Å²) in [6.07, 6.45) is 0.411. The lowest BCUT2D eigenvalue weighted by molar-refractivity contribution is -0.115. The van der Waals surface area contributed by atoms with Crippen LogP contribution in [-0.2, 0) is 4.79 Å². The van der Waals surface area contributed by atoms with Crippen LogP contribution in [-0.4, -0.2) is 16.6 Å². The maximum atomic E-state index is 12.5. The first kappa shape index (κ1) is 20.7. The number of anilines is 1. The summed E-state index contributed by atoms with van der Waals surface area (Å²) in [5, 5.41) is 4.30. The van der Waals surface area contributed by atoms with Gasteiger partial charge in [0.2, 0.25) is 5.91 Å². The number of hydrogen-bond acceptors (Lipinski definition) is 4. The lowest BCUT2D eigenvalue weighted by atomic mass is 10.1. The molecule has 0 radical (unpaired) electrons. The van der Waals surface area contributed by atoms with Crippen molar-refractivity contribution in [3.63, 3.8) is 0 Å². The Bertz CT molecular complexity index is 1060. The molecular weight excluding hydrogens is 432 g/mol. The second-order valence-corrected chi connectivity index (χ2v) is 9.13. The second-order valence-electron chi connectivity index (χ2n) is 6.53. The van der Waals surface area contributed by atoms with E-state index in [1.165, 1.54) is 11.3 Å². The maximum absolute atomic E-state index is 12.5. The molecule has 1 heterocycles. The number of nitrogens with one attached hydrogen (secondary N) is 1. The third-order valence-electron chi connectivity index (χ3n) is 4.37. The Morgan fingerprint density at radius 2 is 1.53 bits per heavy atom. The normalized spacial score (nSPS) is 10.7. The molecule has 0 fully saturated rings. The number of amides is 1. The van der Waals surface area contributed by atoms with Gasteiger partial charge in [-0.3, -0.25) is 4.79 Å². The predicted octanol–water partition coefficient (Wildman–Crippen LogP) is 7.25. The number of carbonyl (C=O) groups excluding carboxylic acids is 1. The van der Waals surface area contributed by atoms with Crippen LogP contribution in [0, 0.1) is 0 Å². The summed E-state index contributed by atoms with van der Waals surface area (Å²) in [6.45, 7) is 0. The third kappa shape index (κ3) is 5.30. The van der Waals surface area contributed by atoms with Gasteiger partial charge in [-0.2, -0.15) is 0 Å². The smallest absolute Gasteiger partial charge is 0.226 e. The molecule has 0 bridgehead atoms. The number of carbonyl (C=O) groups is 1. The molecule has 3 nitrogen and oxygen atoms in total. The van der Waals surface area contributed by atoms with Crippen LogP contribution in [0.2, 0.25) is 5.02 Å². The topological polar surface area (TPSA) is 42.0 Å². The van der Waals surface area contributed by atoms with E-state index in [0.29, 0.717) is 22.3 Å². The van der Waals surface area contributed by atoms with Gasteiger partial charge in [-0.15, -0.1) is 11.8 Å². The Morgan fingerprint density at radius 1 is 0.900 bits per heavy atom. The molecule has 0 atom stereocenters. The van der Waals surface area contributed by atoms with Crippen LogP contribution >= 0.6 is 34.7 Å². The summed E-state index contributed by atoms with van der Waals surface area (Å²) in [7, 11) is 0. The predicted molar refractivity (Wildman–Crippen MR) is 128 cm³/mol. The first-order valence-electron chi connectivity index (χ1n) is 9.49. The number of rotatable bonds is 7. The highest BCUT2D eigenvalue weighted by molar-refractivity contribution is 7.99. The van der Waals surface area contributed by atoms with Gasteiger partial charge < -0.3 is 5.32 Å². The molecule has 0 saturated heterocycles. The number of nitrogens with zero attached hydrogens (tertiary/aromatic N) is 1. The van der Waals surface area contributed by atoms with E-state index in [2.05, 4.69) is 17.4 Å². The number of hydrogen-bond donors (Lipinski definition) is 1. The molecule has 0 aliphatic carbocycles. The number of thioether (sulfide) groups is 1. The molecule has 1 N–H and O–H groups in total. The molecule has 0 saturated carbocycles. The van der Waals surface area contributed by atoms with E-state index in [0.717, 1.165) is 26.6 Å². The zero-order valence-electron chi connectivity index (χ0n) is 16.0. The largest absolute Gasteiger partial charge is 0.302 e. The zero-order valence-corrected chi connectivity index (χ0v) is 18.4. The number of aromatic nitrogens is 1. The van der Waals surface area contributed by atoms with E-state index in [9.17, 15) is 4.79 Å². The van der Waals surface area contributed by atoms with Crippen LogP contribution in [0.1, 0.15) is 6.42 Å². The fourth-order valence-corrected chi connectivity index (χ4v) is 4.91.